The third-order valence-electron chi connectivity index (χ3n) is 8.40. The van der Waals surface area contributed by atoms with E-state index in [0.717, 1.165) is 51.8 Å². The number of benzene rings is 3. The number of fused-ring (bicyclic) bond motifs is 1. The van der Waals surface area contributed by atoms with Gasteiger partial charge < -0.3 is 24.6 Å². The molecule has 0 amide bonds. The zero-order chi connectivity index (χ0) is 36.0. The van der Waals surface area contributed by atoms with E-state index in [-0.39, 0.29) is 46.6 Å². The molecule has 0 saturated heterocycles. The maximum absolute atomic E-state index is 12.0. The number of nitrogens with zero attached hydrogens (tertiary/aromatic N) is 2. The summed E-state index contributed by atoms with van der Waals surface area (Å²) in [6.07, 6.45) is 5.44. The van der Waals surface area contributed by atoms with Crippen molar-refractivity contribution >= 4 is 39.3 Å². The number of aliphatic hydroxyl groups excluding tert-OH is 1. The fourth-order valence-corrected chi connectivity index (χ4v) is 7.07. The molecule has 51 heavy (non-hydrogen) atoms. The van der Waals surface area contributed by atoms with Crippen molar-refractivity contribution in [3.8, 4) is 39.8 Å². The Morgan fingerprint density at radius 1 is 0.941 bits per heavy atom. The first kappa shape index (κ1) is 36.3. The molecule has 0 radical (unpaired) electrons. The van der Waals surface area contributed by atoms with E-state index in [4.69, 9.17) is 42.5 Å². The molecule has 1 aliphatic carbocycles. The summed E-state index contributed by atoms with van der Waals surface area (Å²) in [7, 11) is -3.46. The standard InChI is InChI=1S/C38H35Cl2N3O7S/c1-51(46,47)28-18-24(20-42-21-28)23-49-37-26(22-45)19-34(39)38(43-37)50-35-13-12-31-30(5-3-6-32(31)35)33-7-2-4-29(36(33)40)25-8-10-27(11-9-25)48-17-15-41-14-16-44/h2-11,18-22,35,41,44H,12-17,23H2,1H3. The second-order valence-corrected chi connectivity index (χ2v) is 14.7. The number of aldehydes is 1. The van der Waals surface area contributed by atoms with E-state index >= 15 is 0 Å². The second-order valence-electron chi connectivity index (χ2n) is 11.9. The van der Waals surface area contributed by atoms with Crippen LogP contribution in [0.15, 0.2) is 90.1 Å². The molecule has 3 aromatic carbocycles. The van der Waals surface area contributed by atoms with Gasteiger partial charge in [0.2, 0.25) is 11.8 Å². The number of pyridine rings is 2. The van der Waals surface area contributed by atoms with Crippen molar-refractivity contribution in [2.75, 3.05) is 32.6 Å². The van der Waals surface area contributed by atoms with Gasteiger partial charge in [-0.15, -0.1) is 0 Å². The molecule has 2 heterocycles. The number of ether oxygens (including phenoxy) is 3. The maximum atomic E-state index is 12.0. The Kier molecular flexibility index (Phi) is 11.5. The van der Waals surface area contributed by atoms with Crippen LogP contribution in [0.4, 0.5) is 0 Å². The van der Waals surface area contributed by atoms with E-state index in [1.807, 2.05) is 54.6 Å². The van der Waals surface area contributed by atoms with Gasteiger partial charge in [-0.25, -0.2) is 8.42 Å². The van der Waals surface area contributed by atoms with Crippen LogP contribution in [0.2, 0.25) is 10.0 Å². The smallest absolute Gasteiger partial charge is 0.236 e. The minimum Gasteiger partial charge on any atom is -0.492 e. The van der Waals surface area contributed by atoms with Crippen LogP contribution in [0.25, 0.3) is 22.3 Å². The van der Waals surface area contributed by atoms with Crippen molar-refractivity contribution in [1.82, 2.24) is 15.3 Å². The first-order valence-electron chi connectivity index (χ1n) is 16.2. The molecular formula is C38H35Cl2N3O7S. The first-order chi connectivity index (χ1) is 24.7. The zero-order valence-corrected chi connectivity index (χ0v) is 30.0. The molecule has 13 heteroatoms. The fourth-order valence-electron chi connectivity index (χ4n) is 5.91. The van der Waals surface area contributed by atoms with Crippen LogP contribution in [-0.2, 0) is 22.9 Å². The molecule has 0 bridgehead atoms. The molecule has 2 N–H and O–H groups in total. The van der Waals surface area contributed by atoms with E-state index in [0.29, 0.717) is 43.0 Å². The molecule has 2 aromatic heterocycles. The lowest BCUT2D eigenvalue weighted by Gasteiger charge is -2.18. The molecule has 1 atom stereocenters. The average molecular weight is 749 g/mol. The van der Waals surface area contributed by atoms with Crippen LogP contribution in [0.1, 0.15) is 39.6 Å². The van der Waals surface area contributed by atoms with Gasteiger partial charge in [-0.05, 0) is 59.4 Å². The average Bonchev–Trinajstić information content (AvgIpc) is 3.54. The Balaban J connectivity index is 1.20. The van der Waals surface area contributed by atoms with Gasteiger partial charge in [0.25, 0.3) is 0 Å². The summed E-state index contributed by atoms with van der Waals surface area (Å²) in [6.45, 7) is 1.66. The van der Waals surface area contributed by atoms with Crippen molar-refractivity contribution in [2.45, 2.75) is 30.4 Å². The van der Waals surface area contributed by atoms with Crippen LogP contribution in [-0.4, -0.2) is 62.3 Å². The van der Waals surface area contributed by atoms with E-state index in [2.05, 4.69) is 21.4 Å². The lowest BCUT2D eigenvalue weighted by Crippen LogP contribution is -2.23. The number of carbonyl (C=O) groups is 1. The highest BCUT2D eigenvalue weighted by molar-refractivity contribution is 7.90. The Morgan fingerprint density at radius 3 is 2.47 bits per heavy atom. The lowest BCUT2D eigenvalue weighted by atomic mass is 9.94. The molecule has 0 aliphatic heterocycles. The normalized spacial score (nSPS) is 13.8. The van der Waals surface area contributed by atoms with Gasteiger partial charge in [-0.1, -0.05) is 71.7 Å². The molecular weight excluding hydrogens is 713 g/mol. The molecule has 0 saturated carbocycles. The number of aliphatic hydroxyl groups is 1. The predicted octanol–water partition coefficient (Wildman–Crippen LogP) is 6.94. The number of aromatic nitrogens is 2. The largest absolute Gasteiger partial charge is 0.492 e. The van der Waals surface area contributed by atoms with Crippen LogP contribution >= 0.6 is 23.2 Å². The van der Waals surface area contributed by atoms with E-state index in [9.17, 15) is 13.2 Å². The Hall–Kier alpha value is -4.52. The van der Waals surface area contributed by atoms with Gasteiger partial charge in [0.1, 0.15) is 30.1 Å². The first-order valence-corrected chi connectivity index (χ1v) is 18.9. The zero-order valence-electron chi connectivity index (χ0n) is 27.6. The van der Waals surface area contributed by atoms with Crippen LogP contribution in [0, 0.1) is 0 Å². The highest BCUT2D eigenvalue weighted by atomic mass is 35.5. The molecule has 5 aromatic rings. The molecule has 0 spiro atoms. The number of halogens is 2. The number of carbonyl (C=O) groups excluding carboxylic acids is 1. The van der Waals surface area contributed by atoms with Gasteiger partial charge in [-0.3, -0.25) is 9.78 Å². The van der Waals surface area contributed by atoms with Gasteiger partial charge in [0.15, 0.2) is 16.1 Å². The summed E-state index contributed by atoms with van der Waals surface area (Å²) in [5.74, 6) is 0.853. The Labute approximate surface area is 306 Å². The van der Waals surface area contributed by atoms with Crippen LogP contribution < -0.4 is 19.5 Å². The number of rotatable bonds is 15. The molecule has 1 aliphatic rings. The molecule has 6 rings (SSSR count). The van der Waals surface area contributed by atoms with Crippen molar-refractivity contribution in [3.05, 3.63) is 117 Å². The third kappa shape index (κ3) is 8.52. The predicted molar refractivity (Wildman–Crippen MR) is 196 cm³/mol. The summed E-state index contributed by atoms with van der Waals surface area (Å²) in [6, 6.07) is 22.7. The fraction of sp³-hybridized carbons (Fsp3) is 0.237. The van der Waals surface area contributed by atoms with Gasteiger partial charge >= 0.3 is 0 Å². The molecule has 10 nitrogen and oxygen atoms in total. The monoisotopic (exact) mass is 747 g/mol. The van der Waals surface area contributed by atoms with E-state index in [1.165, 1.54) is 24.5 Å². The second kappa shape index (κ2) is 16.2. The summed E-state index contributed by atoms with van der Waals surface area (Å²) in [4.78, 5) is 20.3. The topological polar surface area (TPSA) is 137 Å². The van der Waals surface area contributed by atoms with Crippen molar-refractivity contribution in [2.24, 2.45) is 0 Å². The minimum absolute atomic E-state index is 0.000576. The van der Waals surface area contributed by atoms with Crippen LogP contribution in [0.5, 0.6) is 17.5 Å². The number of hydrogen-bond acceptors (Lipinski definition) is 10. The van der Waals surface area contributed by atoms with Crippen molar-refractivity contribution in [3.63, 3.8) is 0 Å². The summed E-state index contributed by atoms with van der Waals surface area (Å²) < 4.78 is 41.9. The van der Waals surface area contributed by atoms with Gasteiger partial charge in [0, 0.05) is 48.4 Å². The summed E-state index contributed by atoms with van der Waals surface area (Å²) >= 11 is 13.6. The summed E-state index contributed by atoms with van der Waals surface area (Å²) in [5, 5.41) is 12.8. The third-order valence-corrected chi connectivity index (χ3v) is 10.2. The van der Waals surface area contributed by atoms with E-state index in [1.54, 1.807) is 0 Å². The quantitative estimate of drug-likeness (QED) is 0.0856. The van der Waals surface area contributed by atoms with Crippen molar-refractivity contribution in [1.29, 1.82) is 0 Å². The highest BCUT2D eigenvalue weighted by Gasteiger charge is 2.29. The van der Waals surface area contributed by atoms with Gasteiger partial charge in [-0.2, -0.15) is 4.98 Å². The lowest BCUT2D eigenvalue weighted by molar-refractivity contribution is 0.111. The van der Waals surface area contributed by atoms with Crippen molar-refractivity contribution < 1.29 is 32.5 Å². The Bertz CT molecular complexity index is 2150. The van der Waals surface area contributed by atoms with E-state index < -0.39 is 9.84 Å². The SMILES string of the molecule is CS(=O)(=O)c1cncc(COc2nc(OC3CCc4c(-c5cccc(-c6ccc(OCCNCCO)cc6)c5Cl)cccc43)c(Cl)cc2C=O)c1. The molecule has 1 unspecified atom stereocenters. The van der Waals surface area contributed by atoms with Gasteiger partial charge in [0.05, 0.1) is 22.1 Å². The number of hydrogen-bond donors (Lipinski definition) is 2. The summed E-state index contributed by atoms with van der Waals surface area (Å²) in [5.41, 5.74) is 6.45. The molecule has 264 valence electrons. The Morgan fingerprint density at radius 2 is 1.71 bits per heavy atom. The number of nitrogens with one attached hydrogen (secondary N) is 1. The molecule has 0 fully saturated rings. The number of sulfone groups is 1. The highest BCUT2D eigenvalue weighted by Crippen LogP contribution is 2.44. The minimum atomic E-state index is -3.46. The van der Waals surface area contributed by atoms with Crippen LogP contribution in [0.3, 0.4) is 0 Å². The maximum Gasteiger partial charge on any atom is 0.236 e.